The second-order valence-electron chi connectivity index (χ2n) is 10.9. The normalized spacial score (nSPS) is 15.3. The molecule has 2 aromatic heterocycles. The number of benzene rings is 1. The Balaban J connectivity index is 1.63. The predicted molar refractivity (Wildman–Crippen MR) is 153 cm³/mol. The lowest BCUT2D eigenvalue weighted by atomic mass is 9.89. The van der Waals surface area contributed by atoms with Crippen LogP contribution in [-0.4, -0.2) is 75.6 Å². The largest absolute Gasteiger partial charge is 0.387 e. The first-order chi connectivity index (χ1) is 18.4. The van der Waals surface area contributed by atoms with Crippen LogP contribution >= 0.6 is 0 Å². The maximum atomic E-state index is 12.9. The van der Waals surface area contributed by atoms with Crippen molar-refractivity contribution in [3.05, 3.63) is 35.7 Å². The Hall–Kier alpha value is -4.19. The van der Waals surface area contributed by atoms with Crippen molar-refractivity contribution in [2.75, 3.05) is 49.2 Å². The third kappa shape index (κ3) is 6.63. The number of likely N-dealkylation sites (N-methyl/N-ethyl adjacent to an activating group) is 1. The van der Waals surface area contributed by atoms with Gasteiger partial charge in [0.1, 0.15) is 29.0 Å². The minimum atomic E-state index is -0.569. The van der Waals surface area contributed by atoms with Gasteiger partial charge < -0.3 is 26.6 Å². The highest BCUT2D eigenvalue weighted by Crippen LogP contribution is 2.28. The van der Waals surface area contributed by atoms with Crippen LogP contribution in [0.4, 0.5) is 23.3 Å². The molecule has 12 nitrogen and oxygen atoms in total. The number of Topliss-reactive ketones (excluding diaryl/α,β-unsaturated/α-hetero) is 1. The lowest BCUT2D eigenvalue weighted by Gasteiger charge is -2.21. The summed E-state index contributed by atoms with van der Waals surface area (Å²) in [6.07, 6.45) is 2.30. The number of nitrogens with zero attached hydrogens (tertiary/aromatic N) is 7. The van der Waals surface area contributed by atoms with E-state index < -0.39 is 11.3 Å². The third-order valence-electron chi connectivity index (χ3n) is 6.66. The van der Waals surface area contributed by atoms with E-state index in [1.807, 2.05) is 6.92 Å². The zero-order chi connectivity index (χ0) is 28.3. The number of amides is 1. The van der Waals surface area contributed by atoms with Gasteiger partial charge in [-0.05, 0) is 44.6 Å². The van der Waals surface area contributed by atoms with Crippen LogP contribution in [0.15, 0.2) is 29.5 Å². The first kappa shape index (κ1) is 27.8. The molecule has 3 heterocycles. The van der Waals surface area contributed by atoms with Gasteiger partial charge in [0, 0.05) is 36.3 Å². The van der Waals surface area contributed by atoms with Crippen LogP contribution in [0.3, 0.4) is 0 Å². The molecule has 0 bridgehead atoms. The maximum Gasteiger partial charge on any atom is 0.278 e. The summed E-state index contributed by atoms with van der Waals surface area (Å²) in [5, 5.41) is 3.28. The van der Waals surface area contributed by atoms with Gasteiger partial charge in [0.05, 0.1) is 6.42 Å². The molecule has 39 heavy (non-hydrogen) atoms. The van der Waals surface area contributed by atoms with Crippen molar-refractivity contribution in [2.24, 2.45) is 16.1 Å². The van der Waals surface area contributed by atoms with Crippen molar-refractivity contribution < 1.29 is 9.59 Å². The Morgan fingerprint density at radius 2 is 1.85 bits per heavy atom. The number of hydrogen-bond donors (Lipinski definition) is 3. The van der Waals surface area contributed by atoms with E-state index in [0.29, 0.717) is 34.1 Å². The second kappa shape index (κ2) is 11.3. The van der Waals surface area contributed by atoms with Gasteiger partial charge >= 0.3 is 0 Å². The van der Waals surface area contributed by atoms with Crippen molar-refractivity contribution in [3.63, 3.8) is 0 Å². The van der Waals surface area contributed by atoms with E-state index >= 15 is 0 Å². The van der Waals surface area contributed by atoms with E-state index in [1.165, 1.54) is 6.33 Å². The van der Waals surface area contributed by atoms with E-state index in [0.717, 1.165) is 38.2 Å². The van der Waals surface area contributed by atoms with Gasteiger partial charge in [-0.15, -0.1) is 0 Å². The average Bonchev–Trinajstić information content (AvgIpc) is 3.09. The molecule has 206 valence electrons. The summed E-state index contributed by atoms with van der Waals surface area (Å²) >= 11 is 0. The van der Waals surface area contributed by atoms with E-state index in [4.69, 9.17) is 16.5 Å². The van der Waals surface area contributed by atoms with E-state index in [9.17, 15) is 9.59 Å². The summed E-state index contributed by atoms with van der Waals surface area (Å²) in [4.78, 5) is 51.5. The summed E-state index contributed by atoms with van der Waals surface area (Å²) in [6, 6.07) is 5.13. The molecule has 4 rings (SSSR count). The molecule has 1 amide bonds. The number of hydrogen-bond acceptors (Lipinski definition) is 10. The first-order valence-electron chi connectivity index (χ1n) is 12.9. The van der Waals surface area contributed by atoms with Crippen LogP contribution < -0.4 is 21.7 Å². The van der Waals surface area contributed by atoms with Crippen molar-refractivity contribution in [2.45, 2.75) is 40.5 Å². The van der Waals surface area contributed by atoms with Gasteiger partial charge in [-0.2, -0.15) is 9.98 Å². The van der Waals surface area contributed by atoms with Gasteiger partial charge in [0.2, 0.25) is 5.95 Å². The summed E-state index contributed by atoms with van der Waals surface area (Å²) in [6.45, 7) is 10.8. The minimum absolute atomic E-state index is 0.0174. The molecule has 0 radical (unpaired) electrons. The first-order valence-corrected chi connectivity index (χ1v) is 12.9. The van der Waals surface area contributed by atoms with Crippen LogP contribution in [-0.2, 0) is 4.79 Å². The van der Waals surface area contributed by atoms with Crippen LogP contribution in [0.2, 0.25) is 0 Å². The summed E-state index contributed by atoms with van der Waals surface area (Å²) in [5.41, 5.74) is 14.4. The number of ketones is 1. The number of nitrogens with two attached hydrogens (primary N) is 2. The fourth-order valence-corrected chi connectivity index (χ4v) is 4.12. The topological polar surface area (TPSA) is 169 Å². The molecule has 0 spiro atoms. The molecule has 1 aliphatic heterocycles. The molecule has 0 unspecified atom stereocenters. The van der Waals surface area contributed by atoms with Crippen LogP contribution in [0.25, 0.3) is 11.0 Å². The van der Waals surface area contributed by atoms with Gasteiger partial charge in [0.25, 0.3) is 5.91 Å². The van der Waals surface area contributed by atoms with Crippen molar-refractivity contribution in [3.8, 4) is 0 Å². The Morgan fingerprint density at radius 3 is 2.59 bits per heavy atom. The Labute approximate surface area is 227 Å². The van der Waals surface area contributed by atoms with Gasteiger partial charge in [-0.3, -0.25) is 9.59 Å². The molecule has 1 aliphatic rings. The predicted octanol–water partition coefficient (Wildman–Crippen LogP) is 2.70. The SMILES string of the molecule is Cc1ccc(C(=O)N=C(N)CC(=O)C(C)(C)C)cc1Nc1ncnc2c(N)nc(N3CCCN(C)CC3)nc12. The van der Waals surface area contributed by atoms with E-state index in [2.05, 4.69) is 42.1 Å². The zero-order valence-electron chi connectivity index (χ0n) is 23.2. The minimum Gasteiger partial charge on any atom is -0.387 e. The number of nitrogens with one attached hydrogen (secondary N) is 1. The van der Waals surface area contributed by atoms with Gasteiger partial charge in [0.15, 0.2) is 11.6 Å². The van der Waals surface area contributed by atoms with Crippen LogP contribution in [0, 0.1) is 12.3 Å². The smallest absolute Gasteiger partial charge is 0.278 e. The fourth-order valence-electron chi connectivity index (χ4n) is 4.12. The van der Waals surface area contributed by atoms with Crippen molar-refractivity contribution >= 4 is 51.8 Å². The number of anilines is 4. The number of carbonyl (C=O) groups is 2. The number of nitrogen functional groups attached to an aromatic ring is 1. The van der Waals surface area contributed by atoms with Crippen LogP contribution in [0.1, 0.15) is 49.5 Å². The number of aryl methyl sites for hydroxylation is 1. The lowest BCUT2D eigenvalue weighted by molar-refractivity contribution is -0.125. The number of amidine groups is 1. The van der Waals surface area contributed by atoms with E-state index in [1.54, 1.807) is 39.0 Å². The standard InChI is InChI=1S/C27H36N10O2/c1-16-7-8-17(25(39)33-20(28)14-19(38)27(2,3)4)13-18(16)32-24-22-21(30-15-31-24)23(29)35-26(34-22)37-10-6-9-36(5)11-12-37/h7-8,13,15H,6,9-12,14H2,1-5H3,(H2,28,33,39)(H2,29,34,35)(H,30,31,32). The molecule has 1 aromatic carbocycles. The molecular weight excluding hydrogens is 496 g/mol. The molecule has 1 saturated heterocycles. The van der Waals surface area contributed by atoms with Crippen molar-refractivity contribution in [1.82, 2.24) is 24.8 Å². The number of rotatable bonds is 6. The summed E-state index contributed by atoms with van der Waals surface area (Å²) in [7, 11) is 2.10. The van der Waals surface area contributed by atoms with Crippen LogP contribution in [0.5, 0.6) is 0 Å². The highest BCUT2D eigenvalue weighted by atomic mass is 16.1. The molecule has 12 heteroatoms. The average molecular weight is 533 g/mol. The maximum absolute atomic E-state index is 12.9. The molecule has 3 aromatic rings. The monoisotopic (exact) mass is 532 g/mol. The zero-order valence-corrected chi connectivity index (χ0v) is 23.2. The van der Waals surface area contributed by atoms with Crippen molar-refractivity contribution in [1.29, 1.82) is 0 Å². The third-order valence-corrected chi connectivity index (χ3v) is 6.66. The molecule has 5 N–H and O–H groups in total. The number of aliphatic imine (C=N–C) groups is 1. The van der Waals surface area contributed by atoms with E-state index in [-0.39, 0.29) is 23.9 Å². The van der Waals surface area contributed by atoms with Gasteiger partial charge in [-0.1, -0.05) is 26.8 Å². The molecule has 0 aliphatic carbocycles. The quantitative estimate of drug-likeness (QED) is 0.315. The number of aromatic nitrogens is 4. The number of carbonyl (C=O) groups excluding carboxylic acids is 2. The fraction of sp³-hybridized carbons (Fsp3) is 0.444. The Kier molecular flexibility index (Phi) is 8.05. The Bertz CT molecular complexity index is 1430. The molecule has 0 saturated carbocycles. The number of fused-ring (bicyclic) bond motifs is 1. The summed E-state index contributed by atoms with van der Waals surface area (Å²) < 4.78 is 0. The Morgan fingerprint density at radius 1 is 1.08 bits per heavy atom. The molecular formula is C27H36N10O2. The summed E-state index contributed by atoms with van der Waals surface area (Å²) in [5.74, 6) is 0.595. The second-order valence-corrected chi connectivity index (χ2v) is 10.9. The molecule has 0 atom stereocenters. The highest BCUT2D eigenvalue weighted by Gasteiger charge is 2.23. The molecule has 1 fully saturated rings. The highest BCUT2D eigenvalue weighted by molar-refractivity contribution is 6.09. The van der Waals surface area contributed by atoms with Gasteiger partial charge in [-0.25, -0.2) is 15.0 Å². The lowest BCUT2D eigenvalue weighted by Crippen LogP contribution is -2.30.